The predicted octanol–water partition coefficient (Wildman–Crippen LogP) is 3.91. The Morgan fingerprint density at radius 2 is 1.92 bits per heavy atom. The van der Waals surface area contributed by atoms with E-state index in [1.807, 2.05) is 24.3 Å². The molecular formula is C28H35N5O3. The number of nitrogens with one attached hydrogen (secondary N) is 1. The molecule has 5 rings (SSSR count). The Labute approximate surface area is 212 Å². The molecule has 190 valence electrons. The van der Waals surface area contributed by atoms with Crippen LogP contribution in [-0.2, 0) is 11.3 Å². The van der Waals surface area contributed by atoms with E-state index in [4.69, 9.17) is 9.26 Å². The molecule has 0 bridgehead atoms. The number of anilines is 1. The van der Waals surface area contributed by atoms with Gasteiger partial charge in [0.05, 0.1) is 7.11 Å². The lowest BCUT2D eigenvalue weighted by Crippen LogP contribution is -2.42. The fourth-order valence-corrected chi connectivity index (χ4v) is 5.22. The standard InChI is InChI=1S/C28H35N5O3/c1-20-4-3-5-21(16-20)18-32-13-10-22(19-32)17-29-27(34)24-11-14-33(15-12-24)28-30-26(31-36-28)23-6-8-25(35-2)9-7-23/h3-9,16,22,24H,10-15,17-19H2,1-2H3,(H,29,34). The van der Waals surface area contributed by atoms with Crippen molar-refractivity contribution in [3.05, 3.63) is 59.7 Å². The summed E-state index contributed by atoms with van der Waals surface area (Å²) in [6.07, 6.45) is 2.71. The second-order valence-electron chi connectivity index (χ2n) is 10.0. The van der Waals surface area contributed by atoms with E-state index < -0.39 is 0 Å². The summed E-state index contributed by atoms with van der Waals surface area (Å²) in [6, 6.07) is 16.8. The van der Waals surface area contributed by atoms with Crippen LogP contribution in [0.25, 0.3) is 11.4 Å². The van der Waals surface area contributed by atoms with Gasteiger partial charge in [0, 0.05) is 44.2 Å². The Kier molecular flexibility index (Phi) is 7.51. The SMILES string of the molecule is COc1ccc(-c2noc(N3CCC(C(=O)NCC4CCN(Cc5cccc(C)c5)C4)CC3)n2)cc1. The maximum absolute atomic E-state index is 12.8. The van der Waals surface area contributed by atoms with Crippen LogP contribution in [0.1, 0.15) is 30.4 Å². The van der Waals surface area contributed by atoms with Crippen LogP contribution in [-0.4, -0.2) is 60.8 Å². The summed E-state index contributed by atoms with van der Waals surface area (Å²) < 4.78 is 10.7. The highest BCUT2D eigenvalue weighted by atomic mass is 16.5. The van der Waals surface area contributed by atoms with Crippen molar-refractivity contribution in [2.75, 3.05) is 44.7 Å². The van der Waals surface area contributed by atoms with Crippen LogP contribution in [0.2, 0.25) is 0 Å². The van der Waals surface area contributed by atoms with Gasteiger partial charge in [-0.2, -0.15) is 4.98 Å². The predicted molar refractivity (Wildman–Crippen MR) is 139 cm³/mol. The first-order valence-electron chi connectivity index (χ1n) is 12.9. The highest BCUT2D eigenvalue weighted by Crippen LogP contribution is 2.26. The summed E-state index contributed by atoms with van der Waals surface area (Å²) in [6.45, 7) is 7.48. The molecule has 2 aliphatic heterocycles. The van der Waals surface area contributed by atoms with E-state index in [9.17, 15) is 4.79 Å². The fraction of sp³-hybridized carbons (Fsp3) is 0.464. The summed E-state index contributed by atoms with van der Waals surface area (Å²) >= 11 is 0. The average molecular weight is 490 g/mol. The molecule has 1 unspecified atom stereocenters. The summed E-state index contributed by atoms with van der Waals surface area (Å²) in [4.78, 5) is 22.0. The summed E-state index contributed by atoms with van der Waals surface area (Å²) in [5.74, 6) is 2.08. The molecule has 1 atom stereocenters. The molecule has 0 radical (unpaired) electrons. The molecule has 1 amide bonds. The molecule has 3 aromatic rings. The number of carbonyl (C=O) groups excluding carboxylic acids is 1. The first-order valence-corrected chi connectivity index (χ1v) is 12.9. The number of methoxy groups -OCH3 is 1. The third kappa shape index (κ3) is 5.87. The molecule has 36 heavy (non-hydrogen) atoms. The molecule has 2 fully saturated rings. The normalized spacial score (nSPS) is 18.9. The number of rotatable bonds is 8. The maximum Gasteiger partial charge on any atom is 0.324 e. The van der Waals surface area contributed by atoms with Gasteiger partial charge in [-0.05, 0) is 68.5 Å². The zero-order valence-corrected chi connectivity index (χ0v) is 21.2. The number of piperidine rings is 1. The van der Waals surface area contributed by atoms with Crippen LogP contribution in [0.3, 0.4) is 0 Å². The van der Waals surface area contributed by atoms with Crippen LogP contribution < -0.4 is 15.0 Å². The first-order chi connectivity index (χ1) is 17.6. The Hall–Kier alpha value is -3.39. The lowest BCUT2D eigenvalue weighted by molar-refractivity contribution is -0.125. The monoisotopic (exact) mass is 489 g/mol. The van der Waals surface area contributed by atoms with Crippen LogP contribution in [0.5, 0.6) is 5.75 Å². The fourth-order valence-electron chi connectivity index (χ4n) is 5.22. The molecular weight excluding hydrogens is 454 g/mol. The van der Waals surface area contributed by atoms with Gasteiger partial charge in [-0.3, -0.25) is 9.69 Å². The number of hydrogen-bond acceptors (Lipinski definition) is 7. The van der Waals surface area contributed by atoms with Crippen LogP contribution in [0, 0.1) is 18.8 Å². The van der Waals surface area contributed by atoms with Crippen molar-refractivity contribution < 1.29 is 14.1 Å². The number of ether oxygens (including phenoxy) is 1. The Bertz CT molecular complexity index is 1150. The summed E-state index contributed by atoms with van der Waals surface area (Å²) in [5.41, 5.74) is 3.55. The average Bonchev–Trinajstić information content (AvgIpc) is 3.58. The molecule has 2 aromatic carbocycles. The highest BCUT2D eigenvalue weighted by molar-refractivity contribution is 5.79. The van der Waals surface area contributed by atoms with Gasteiger partial charge in [-0.25, -0.2) is 0 Å². The zero-order valence-electron chi connectivity index (χ0n) is 21.2. The third-order valence-corrected chi connectivity index (χ3v) is 7.32. The van der Waals surface area contributed by atoms with Gasteiger partial charge in [0.15, 0.2) is 0 Å². The van der Waals surface area contributed by atoms with E-state index >= 15 is 0 Å². The van der Waals surface area contributed by atoms with Crippen molar-refractivity contribution in [2.45, 2.75) is 32.7 Å². The molecule has 0 spiro atoms. The zero-order chi connectivity index (χ0) is 24.9. The number of nitrogens with zero attached hydrogens (tertiary/aromatic N) is 4. The number of likely N-dealkylation sites (tertiary alicyclic amines) is 1. The second kappa shape index (κ2) is 11.1. The van der Waals surface area contributed by atoms with Gasteiger partial charge in [0.1, 0.15) is 5.75 Å². The van der Waals surface area contributed by atoms with E-state index in [1.54, 1.807) is 7.11 Å². The van der Waals surface area contributed by atoms with Crippen LogP contribution in [0.15, 0.2) is 53.1 Å². The van der Waals surface area contributed by atoms with Crippen molar-refractivity contribution in [1.29, 1.82) is 0 Å². The number of carbonyl (C=O) groups is 1. The van der Waals surface area contributed by atoms with Gasteiger partial charge in [0.2, 0.25) is 11.7 Å². The second-order valence-corrected chi connectivity index (χ2v) is 10.0. The van der Waals surface area contributed by atoms with E-state index in [0.717, 1.165) is 69.8 Å². The van der Waals surface area contributed by atoms with Gasteiger partial charge < -0.3 is 19.5 Å². The van der Waals surface area contributed by atoms with Gasteiger partial charge >= 0.3 is 6.01 Å². The van der Waals surface area contributed by atoms with E-state index in [2.05, 4.69) is 56.4 Å². The van der Waals surface area contributed by atoms with Crippen molar-refractivity contribution in [1.82, 2.24) is 20.4 Å². The topological polar surface area (TPSA) is 83.7 Å². The third-order valence-electron chi connectivity index (χ3n) is 7.32. The van der Waals surface area contributed by atoms with Crippen molar-refractivity contribution in [2.24, 2.45) is 11.8 Å². The van der Waals surface area contributed by atoms with Crippen LogP contribution in [0.4, 0.5) is 6.01 Å². The van der Waals surface area contributed by atoms with Gasteiger partial charge in [-0.15, -0.1) is 0 Å². The molecule has 2 aliphatic rings. The molecule has 1 aromatic heterocycles. The number of amides is 1. The molecule has 0 saturated carbocycles. The van der Waals surface area contributed by atoms with E-state index in [0.29, 0.717) is 17.8 Å². The minimum Gasteiger partial charge on any atom is -0.497 e. The lowest BCUT2D eigenvalue weighted by Gasteiger charge is -2.30. The van der Waals surface area contributed by atoms with E-state index in [-0.39, 0.29) is 11.8 Å². The van der Waals surface area contributed by atoms with Crippen molar-refractivity contribution in [3.8, 4) is 17.1 Å². The molecule has 2 saturated heterocycles. The summed E-state index contributed by atoms with van der Waals surface area (Å²) in [7, 11) is 1.64. The molecule has 3 heterocycles. The number of benzene rings is 2. The quantitative estimate of drug-likeness (QED) is 0.514. The Morgan fingerprint density at radius 3 is 2.67 bits per heavy atom. The molecule has 8 heteroatoms. The molecule has 8 nitrogen and oxygen atoms in total. The molecule has 1 N–H and O–H groups in total. The van der Waals surface area contributed by atoms with Crippen molar-refractivity contribution >= 4 is 11.9 Å². The number of aromatic nitrogens is 2. The highest BCUT2D eigenvalue weighted by Gasteiger charge is 2.29. The molecule has 0 aliphatic carbocycles. The van der Waals surface area contributed by atoms with Crippen molar-refractivity contribution in [3.63, 3.8) is 0 Å². The Morgan fingerprint density at radius 1 is 1.11 bits per heavy atom. The first kappa shape index (κ1) is 24.3. The Balaban J connectivity index is 1.05. The maximum atomic E-state index is 12.8. The number of aryl methyl sites for hydroxylation is 1. The van der Waals surface area contributed by atoms with Gasteiger partial charge in [-0.1, -0.05) is 35.0 Å². The minimum atomic E-state index is 0.0371. The van der Waals surface area contributed by atoms with E-state index in [1.165, 1.54) is 11.1 Å². The lowest BCUT2D eigenvalue weighted by atomic mass is 9.96. The minimum absolute atomic E-state index is 0.0371. The summed E-state index contributed by atoms with van der Waals surface area (Å²) in [5, 5.41) is 7.36. The van der Waals surface area contributed by atoms with Gasteiger partial charge in [0.25, 0.3) is 0 Å². The number of hydrogen-bond donors (Lipinski definition) is 1. The van der Waals surface area contributed by atoms with Crippen LogP contribution >= 0.6 is 0 Å². The largest absolute Gasteiger partial charge is 0.497 e. The smallest absolute Gasteiger partial charge is 0.324 e.